The summed E-state index contributed by atoms with van der Waals surface area (Å²) in [7, 11) is 4.01. The van der Waals surface area contributed by atoms with Crippen molar-refractivity contribution in [3.05, 3.63) is 0 Å². The second-order valence-corrected chi connectivity index (χ2v) is 13.8. The fourth-order valence-corrected chi connectivity index (χ4v) is 6.05. The Balaban J connectivity index is 5.38. The van der Waals surface area contributed by atoms with Gasteiger partial charge < -0.3 is 19.3 Å². The number of thioether (sulfide) groups is 1. The zero-order valence-corrected chi connectivity index (χ0v) is 30.5. The summed E-state index contributed by atoms with van der Waals surface area (Å²) >= 11 is 1.17. The maximum atomic E-state index is 13.3. The van der Waals surface area contributed by atoms with Gasteiger partial charge in [0, 0.05) is 5.75 Å². The van der Waals surface area contributed by atoms with Gasteiger partial charge in [-0.25, -0.2) is 0 Å². The van der Waals surface area contributed by atoms with Gasteiger partial charge in [-0.1, -0.05) is 117 Å². The molecule has 0 spiro atoms. The first kappa shape index (κ1) is 42.7. The topological polar surface area (TPSA) is 76.1 Å². The lowest BCUT2D eigenvalue weighted by molar-refractivity contribution is -0.153. The summed E-state index contributed by atoms with van der Waals surface area (Å²) in [6, 6.07) is 0. The molecule has 0 aliphatic rings. The number of nitrogens with zero attached hydrogens (tertiary/aromatic N) is 2. The van der Waals surface area contributed by atoms with Gasteiger partial charge in [-0.05, 0) is 78.4 Å². The fraction of sp³-hybridized carbons (Fsp3) is 0.917. The van der Waals surface area contributed by atoms with E-state index in [9.17, 15) is 14.4 Å². The average molecular weight is 643 g/mol. The van der Waals surface area contributed by atoms with Crippen LogP contribution in [0.2, 0.25) is 0 Å². The summed E-state index contributed by atoms with van der Waals surface area (Å²) in [4.78, 5) is 43.1. The number of ether oxygens (including phenoxy) is 2. The molecule has 44 heavy (non-hydrogen) atoms. The second kappa shape index (κ2) is 30.4. The first-order chi connectivity index (χ1) is 21.3. The van der Waals surface area contributed by atoms with Crippen LogP contribution < -0.4 is 0 Å². The SMILES string of the molecule is CCCCCCC(CCCCCC)OC(=O)CN(CC(=O)OC(CCCCCC)CCCCCC)C(=O)SCCCN(C)C. The largest absolute Gasteiger partial charge is 0.461 e. The van der Waals surface area contributed by atoms with Crippen molar-refractivity contribution in [3.8, 4) is 0 Å². The molecule has 0 aliphatic carbocycles. The highest BCUT2D eigenvalue weighted by molar-refractivity contribution is 8.13. The number of esters is 2. The number of amides is 1. The summed E-state index contributed by atoms with van der Waals surface area (Å²) in [5.74, 6) is -0.217. The molecule has 0 bridgehead atoms. The molecule has 7 nitrogen and oxygen atoms in total. The Hall–Kier alpha value is -1.28. The van der Waals surface area contributed by atoms with Gasteiger partial charge in [0.1, 0.15) is 25.3 Å². The summed E-state index contributed by atoms with van der Waals surface area (Å²) in [6.07, 6.45) is 22.1. The third kappa shape index (κ3) is 26.0. The van der Waals surface area contributed by atoms with Gasteiger partial charge in [0.15, 0.2) is 0 Å². The van der Waals surface area contributed by atoms with E-state index in [1.165, 1.54) is 68.0 Å². The monoisotopic (exact) mass is 643 g/mol. The van der Waals surface area contributed by atoms with Crippen molar-refractivity contribution in [1.29, 1.82) is 0 Å². The minimum atomic E-state index is -0.424. The first-order valence-electron chi connectivity index (χ1n) is 18.2. The Labute approximate surface area is 276 Å². The van der Waals surface area contributed by atoms with Crippen LogP contribution in [0.4, 0.5) is 4.79 Å². The lowest BCUT2D eigenvalue weighted by Gasteiger charge is -2.25. The van der Waals surface area contributed by atoms with Crippen molar-refractivity contribution in [1.82, 2.24) is 9.80 Å². The van der Waals surface area contributed by atoms with Gasteiger partial charge in [0.05, 0.1) is 0 Å². The molecular weight excluding hydrogens is 572 g/mol. The van der Waals surface area contributed by atoms with Gasteiger partial charge in [-0.15, -0.1) is 0 Å². The fourth-order valence-electron chi connectivity index (χ4n) is 5.29. The van der Waals surface area contributed by atoms with Crippen LogP contribution in [0, 0.1) is 0 Å². The van der Waals surface area contributed by atoms with Gasteiger partial charge >= 0.3 is 11.9 Å². The van der Waals surface area contributed by atoms with E-state index < -0.39 is 11.9 Å². The van der Waals surface area contributed by atoms with Crippen molar-refractivity contribution >= 4 is 28.9 Å². The Bertz CT molecular complexity index is 638. The Morgan fingerprint density at radius 1 is 0.545 bits per heavy atom. The van der Waals surface area contributed by atoms with Gasteiger partial charge in [0.2, 0.25) is 0 Å². The molecule has 0 N–H and O–H groups in total. The molecule has 0 saturated heterocycles. The predicted molar refractivity (Wildman–Crippen MR) is 187 cm³/mol. The molecular formula is C36H70N2O5S. The van der Waals surface area contributed by atoms with E-state index in [0.29, 0.717) is 5.75 Å². The highest BCUT2D eigenvalue weighted by Crippen LogP contribution is 2.19. The van der Waals surface area contributed by atoms with E-state index in [1.54, 1.807) is 0 Å². The number of hydrogen-bond donors (Lipinski definition) is 0. The van der Waals surface area contributed by atoms with Crippen molar-refractivity contribution in [3.63, 3.8) is 0 Å². The molecule has 8 heteroatoms. The molecule has 0 aromatic carbocycles. The third-order valence-corrected chi connectivity index (χ3v) is 8.99. The molecule has 0 radical (unpaired) electrons. The Morgan fingerprint density at radius 2 is 0.909 bits per heavy atom. The number of unbranched alkanes of at least 4 members (excludes halogenated alkanes) is 12. The molecule has 0 aromatic rings. The van der Waals surface area contributed by atoms with Crippen LogP contribution in [0.3, 0.4) is 0 Å². The lowest BCUT2D eigenvalue weighted by Crippen LogP contribution is -2.40. The average Bonchev–Trinajstić information content (AvgIpc) is 2.99. The lowest BCUT2D eigenvalue weighted by atomic mass is 10.0. The van der Waals surface area contributed by atoms with Crippen LogP contribution in [0.25, 0.3) is 0 Å². The van der Waals surface area contributed by atoms with Crippen LogP contribution in [0.5, 0.6) is 0 Å². The van der Waals surface area contributed by atoms with E-state index in [1.807, 2.05) is 14.1 Å². The van der Waals surface area contributed by atoms with Crippen LogP contribution >= 0.6 is 11.8 Å². The third-order valence-electron chi connectivity index (χ3n) is 7.99. The maximum absolute atomic E-state index is 13.3. The van der Waals surface area contributed by atoms with Crippen molar-refractivity contribution in [2.24, 2.45) is 0 Å². The zero-order chi connectivity index (χ0) is 32.8. The number of carbonyl (C=O) groups excluding carboxylic acids is 3. The molecule has 0 fully saturated rings. The predicted octanol–water partition coefficient (Wildman–Crippen LogP) is 9.80. The summed E-state index contributed by atoms with van der Waals surface area (Å²) in [5, 5.41) is -0.262. The van der Waals surface area contributed by atoms with E-state index in [2.05, 4.69) is 32.6 Å². The van der Waals surface area contributed by atoms with Gasteiger partial charge in [-0.2, -0.15) is 0 Å². The normalized spacial score (nSPS) is 11.5. The van der Waals surface area contributed by atoms with Crippen LogP contribution in [-0.2, 0) is 19.1 Å². The quantitative estimate of drug-likeness (QED) is 0.0570. The highest BCUT2D eigenvalue weighted by Gasteiger charge is 2.25. The van der Waals surface area contributed by atoms with E-state index in [-0.39, 0.29) is 30.5 Å². The Morgan fingerprint density at radius 3 is 1.23 bits per heavy atom. The number of carbonyl (C=O) groups is 3. The maximum Gasteiger partial charge on any atom is 0.325 e. The van der Waals surface area contributed by atoms with E-state index in [4.69, 9.17) is 9.47 Å². The number of hydrogen-bond acceptors (Lipinski definition) is 7. The van der Waals surface area contributed by atoms with Gasteiger partial charge in [-0.3, -0.25) is 14.4 Å². The minimum absolute atomic E-state index is 0.136. The van der Waals surface area contributed by atoms with Crippen molar-refractivity contribution in [2.75, 3.05) is 39.5 Å². The standard InChI is InChI=1S/C36H70N2O5S/c1-7-11-15-19-24-32(25-20-16-12-8-2)42-34(39)30-38(36(41)44-29-23-28-37(5)6)31-35(40)43-33(26-21-17-13-9-3)27-22-18-14-10-4/h32-33H,7-31H2,1-6H3. The summed E-state index contributed by atoms with van der Waals surface area (Å²) in [6.45, 7) is 9.22. The van der Waals surface area contributed by atoms with Crippen LogP contribution in [0.1, 0.15) is 163 Å². The van der Waals surface area contributed by atoms with E-state index >= 15 is 0 Å². The van der Waals surface area contributed by atoms with Gasteiger partial charge in [0.25, 0.3) is 5.24 Å². The molecule has 0 heterocycles. The van der Waals surface area contributed by atoms with E-state index in [0.717, 1.165) is 90.0 Å². The molecule has 0 aromatic heterocycles. The first-order valence-corrected chi connectivity index (χ1v) is 19.2. The Kier molecular flexibility index (Phi) is 29.5. The summed E-state index contributed by atoms with van der Waals surface area (Å²) < 4.78 is 11.9. The molecule has 0 aliphatic heterocycles. The summed E-state index contributed by atoms with van der Waals surface area (Å²) in [5.41, 5.74) is 0. The molecule has 0 saturated carbocycles. The minimum Gasteiger partial charge on any atom is -0.461 e. The molecule has 260 valence electrons. The highest BCUT2D eigenvalue weighted by atomic mass is 32.2. The van der Waals surface area contributed by atoms with Crippen LogP contribution in [-0.4, -0.2) is 78.7 Å². The van der Waals surface area contributed by atoms with Crippen molar-refractivity contribution in [2.45, 2.75) is 175 Å². The second-order valence-electron chi connectivity index (χ2n) is 12.7. The molecule has 0 rings (SSSR count). The van der Waals surface area contributed by atoms with Crippen molar-refractivity contribution < 1.29 is 23.9 Å². The molecule has 0 unspecified atom stereocenters. The molecule has 1 amide bonds. The smallest absolute Gasteiger partial charge is 0.325 e. The number of rotatable bonds is 30. The molecule has 0 atom stereocenters. The zero-order valence-electron chi connectivity index (χ0n) is 29.7. The van der Waals surface area contributed by atoms with Crippen LogP contribution in [0.15, 0.2) is 0 Å².